The van der Waals surface area contributed by atoms with E-state index >= 15 is 0 Å². The van der Waals surface area contributed by atoms with E-state index in [1.807, 2.05) is 11.8 Å². The molecule has 0 saturated carbocycles. The molecule has 0 fully saturated rings. The second-order valence-corrected chi connectivity index (χ2v) is 13.8. The van der Waals surface area contributed by atoms with Gasteiger partial charge in [0, 0.05) is 9.79 Å². The zero-order valence-corrected chi connectivity index (χ0v) is 23.8. The van der Waals surface area contributed by atoms with Gasteiger partial charge >= 0.3 is 0 Å². The fraction of sp³-hybridized carbons (Fsp3) is 0.424. The molecule has 0 unspecified atom stereocenters. The van der Waals surface area contributed by atoms with Crippen LogP contribution in [0.15, 0.2) is 58.3 Å². The van der Waals surface area contributed by atoms with Crippen molar-refractivity contribution >= 4 is 22.8 Å². The fourth-order valence-electron chi connectivity index (χ4n) is 6.27. The molecule has 3 aromatic carbocycles. The third-order valence-electron chi connectivity index (χ3n) is 8.60. The predicted molar refractivity (Wildman–Crippen MR) is 151 cm³/mol. The van der Waals surface area contributed by atoms with Crippen LogP contribution in [0.1, 0.15) is 102 Å². The van der Waals surface area contributed by atoms with Gasteiger partial charge in [-0.1, -0.05) is 104 Å². The summed E-state index contributed by atoms with van der Waals surface area (Å²) in [5.41, 5.74) is 11.3. The Bertz CT molecular complexity index is 1490. The minimum absolute atomic E-state index is 0.179. The Morgan fingerprint density at radius 2 is 1.39 bits per heavy atom. The van der Waals surface area contributed by atoms with Gasteiger partial charge in [-0.2, -0.15) is 0 Å². The first-order valence-corrected chi connectivity index (χ1v) is 14.3. The lowest BCUT2D eigenvalue weighted by Gasteiger charge is -2.42. The van der Waals surface area contributed by atoms with Gasteiger partial charge in [0.05, 0.1) is 22.4 Å². The maximum atomic E-state index is 3.87. The fourth-order valence-corrected chi connectivity index (χ4v) is 7.38. The van der Waals surface area contributed by atoms with Crippen molar-refractivity contribution in [2.45, 2.75) is 101 Å². The smallest absolute Gasteiger partial charge is 0.269 e. The number of hydrogen-bond acceptors (Lipinski definition) is 1. The molecule has 0 bridgehead atoms. The number of fused-ring (bicyclic) bond motifs is 3. The summed E-state index contributed by atoms with van der Waals surface area (Å²) in [6.07, 6.45) is 6.32. The van der Waals surface area contributed by atoms with Crippen LogP contribution in [0, 0.1) is 6.33 Å². The van der Waals surface area contributed by atoms with Crippen molar-refractivity contribution in [3.8, 4) is 11.4 Å². The normalized spacial score (nSPS) is 17.5. The first-order valence-electron chi connectivity index (χ1n) is 13.5. The van der Waals surface area contributed by atoms with Crippen LogP contribution in [0.2, 0.25) is 0 Å². The van der Waals surface area contributed by atoms with Gasteiger partial charge in [-0.05, 0) is 69.9 Å². The molecule has 1 aliphatic carbocycles. The first kappa shape index (κ1) is 23.9. The van der Waals surface area contributed by atoms with Crippen molar-refractivity contribution in [3.63, 3.8) is 0 Å². The standard InChI is InChI=1S/C33H38N2S/c1-20(2)22-11-9-12-23(21(3)4)30(22)34-19-35-27-17-24-25(33(7,8)16-15-32(24,5)6)18-29(27)36-28-14-10-13-26(34)31(28)35/h9-14,17-18,20-21H,15-16H2,1-8H3. The van der Waals surface area contributed by atoms with Gasteiger partial charge in [0.1, 0.15) is 0 Å². The van der Waals surface area contributed by atoms with E-state index in [2.05, 4.69) is 119 Å². The molecule has 4 aromatic rings. The van der Waals surface area contributed by atoms with E-state index in [9.17, 15) is 0 Å². The molecule has 0 amide bonds. The average Bonchev–Trinajstić information content (AvgIpc) is 3.22. The third-order valence-corrected chi connectivity index (χ3v) is 9.70. The van der Waals surface area contributed by atoms with Crippen molar-refractivity contribution in [2.24, 2.45) is 0 Å². The molecule has 2 aliphatic rings. The lowest BCUT2D eigenvalue weighted by molar-refractivity contribution is -0.577. The Morgan fingerprint density at radius 3 is 2.00 bits per heavy atom. The predicted octanol–water partition coefficient (Wildman–Crippen LogP) is 8.77. The molecule has 0 atom stereocenters. The number of para-hydroxylation sites is 2. The van der Waals surface area contributed by atoms with E-state index in [0.29, 0.717) is 11.8 Å². The number of aromatic nitrogens is 2. The molecule has 2 heterocycles. The summed E-state index contributed by atoms with van der Waals surface area (Å²) >= 11 is 1.92. The summed E-state index contributed by atoms with van der Waals surface area (Å²) in [6.45, 7) is 18.9. The Hall–Kier alpha value is -2.52. The Balaban J connectivity index is 1.67. The Kier molecular flexibility index (Phi) is 5.29. The molecule has 0 saturated heterocycles. The van der Waals surface area contributed by atoms with Crippen molar-refractivity contribution in [1.82, 2.24) is 4.57 Å². The molecule has 1 aromatic heterocycles. The van der Waals surface area contributed by atoms with Crippen LogP contribution in [0.25, 0.3) is 22.4 Å². The summed E-state index contributed by atoms with van der Waals surface area (Å²) in [4.78, 5) is 2.66. The summed E-state index contributed by atoms with van der Waals surface area (Å²) in [5, 5.41) is 0. The molecule has 0 N–H and O–H groups in total. The van der Waals surface area contributed by atoms with Gasteiger partial charge in [0.15, 0.2) is 0 Å². The molecule has 1 aliphatic heterocycles. The van der Waals surface area contributed by atoms with Crippen molar-refractivity contribution in [2.75, 3.05) is 0 Å². The Labute approximate surface area is 220 Å². The largest absolute Gasteiger partial charge is 0.291 e. The molecule has 36 heavy (non-hydrogen) atoms. The lowest BCUT2D eigenvalue weighted by atomic mass is 9.63. The zero-order valence-electron chi connectivity index (χ0n) is 23.0. The number of imidazole rings is 1. The van der Waals surface area contributed by atoms with E-state index in [0.717, 1.165) is 0 Å². The molecular weight excluding hydrogens is 456 g/mol. The van der Waals surface area contributed by atoms with Gasteiger partial charge in [-0.25, -0.2) is 0 Å². The summed E-state index contributed by atoms with van der Waals surface area (Å²) in [6, 6.07) is 18.6. The van der Waals surface area contributed by atoms with E-state index < -0.39 is 0 Å². The van der Waals surface area contributed by atoms with Crippen LogP contribution in [-0.2, 0) is 10.8 Å². The highest BCUT2D eigenvalue weighted by Gasteiger charge is 2.38. The second-order valence-electron chi connectivity index (χ2n) is 12.7. The number of benzene rings is 3. The Morgan fingerprint density at radius 1 is 0.806 bits per heavy atom. The van der Waals surface area contributed by atoms with Gasteiger partial charge in [-0.15, -0.1) is 0 Å². The number of nitrogens with zero attached hydrogens (tertiary/aromatic N) is 2. The van der Waals surface area contributed by atoms with Gasteiger partial charge in [0.2, 0.25) is 0 Å². The van der Waals surface area contributed by atoms with Crippen LogP contribution < -0.4 is 4.57 Å². The summed E-state index contributed by atoms with van der Waals surface area (Å²) in [5.74, 6) is 0.867. The van der Waals surface area contributed by atoms with E-state index in [-0.39, 0.29) is 10.8 Å². The van der Waals surface area contributed by atoms with Crippen LogP contribution in [-0.4, -0.2) is 4.57 Å². The lowest BCUT2D eigenvalue weighted by Crippen LogP contribution is -2.37. The number of hydrogen-bond donors (Lipinski definition) is 0. The average molecular weight is 495 g/mol. The molecule has 6 rings (SSSR count). The maximum Gasteiger partial charge on any atom is 0.269 e. The minimum Gasteiger partial charge on any atom is -0.291 e. The highest BCUT2D eigenvalue weighted by Crippen LogP contribution is 2.50. The molecule has 186 valence electrons. The highest BCUT2D eigenvalue weighted by molar-refractivity contribution is 7.99. The van der Waals surface area contributed by atoms with Gasteiger partial charge in [0.25, 0.3) is 6.33 Å². The SMILES string of the molecule is CC(C)c1cccc(C(C)C)c1-n1[c-][n+]2c3c(cccc31)Sc1cc3c(cc1-2)C(C)(C)CCC3(C)C. The molecule has 2 nitrogen and oxygen atoms in total. The summed E-state index contributed by atoms with van der Waals surface area (Å²) < 4.78 is 4.71. The molecule has 0 spiro atoms. The summed E-state index contributed by atoms with van der Waals surface area (Å²) in [7, 11) is 0. The van der Waals surface area contributed by atoms with E-state index in [1.54, 1.807) is 0 Å². The van der Waals surface area contributed by atoms with Gasteiger partial charge < -0.3 is 0 Å². The van der Waals surface area contributed by atoms with Gasteiger partial charge in [-0.3, -0.25) is 9.13 Å². The third kappa shape index (κ3) is 3.42. The van der Waals surface area contributed by atoms with Crippen LogP contribution in [0.5, 0.6) is 0 Å². The van der Waals surface area contributed by atoms with E-state index in [4.69, 9.17) is 0 Å². The molecule has 3 heteroatoms. The second kappa shape index (κ2) is 7.99. The molecular formula is C33H38N2S. The zero-order chi connectivity index (χ0) is 25.6. The maximum absolute atomic E-state index is 3.87. The van der Waals surface area contributed by atoms with Crippen molar-refractivity contribution < 1.29 is 4.57 Å². The van der Waals surface area contributed by atoms with Crippen LogP contribution in [0.4, 0.5) is 0 Å². The van der Waals surface area contributed by atoms with Crippen molar-refractivity contribution in [1.29, 1.82) is 0 Å². The molecule has 0 radical (unpaired) electrons. The minimum atomic E-state index is 0.179. The number of rotatable bonds is 3. The van der Waals surface area contributed by atoms with Crippen LogP contribution >= 0.6 is 11.8 Å². The van der Waals surface area contributed by atoms with E-state index in [1.165, 1.54) is 67.3 Å². The van der Waals surface area contributed by atoms with Crippen molar-refractivity contribution in [3.05, 3.63) is 77.1 Å². The monoisotopic (exact) mass is 494 g/mol. The highest BCUT2D eigenvalue weighted by atomic mass is 32.2. The quantitative estimate of drug-likeness (QED) is 0.180. The van der Waals surface area contributed by atoms with Crippen LogP contribution in [0.3, 0.4) is 0 Å². The topological polar surface area (TPSA) is 8.81 Å². The first-order chi connectivity index (χ1) is 17.0.